The minimum atomic E-state index is 0.802. The van der Waals surface area contributed by atoms with Gasteiger partial charge in [-0.1, -0.05) is 0 Å². The van der Waals surface area contributed by atoms with Gasteiger partial charge < -0.3 is 0 Å². The second-order valence-corrected chi connectivity index (χ2v) is 2.57. The van der Waals surface area contributed by atoms with E-state index in [1.807, 2.05) is 0 Å². The van der Waals surface area contributed by atoms with Crippen molar-refractivity contribution >= 4 is 6.91 Å². The predicted molar refractivity (Wildman–Crippen MR) is 41.1 cm³/mol. The maximum atomic E-state index is 5.30. The van der Waals surface area contributed by atoms with Crippen LogP contribution in [0.3, 0.4) is 0 Å². The van der Waals surface area contributed by atoms with Crippen LogP contribution in [0.5, 0.6) is 0 Å². The third kappa shape index (κ3) is 0.993. The molecule has 0 bridgehead atoms. The summed E-state index contributed by atoms with van der Waals surface area (Å²) in [6.07, 6.45) is 1.08. The van der Waals surface area contributed by atoms with Gasteiger partial charge in [-0.05, 0) is 0 Å². The number of rotatable bonds is 0. The molecule has 0 spiro atoms. The summed E-state index contributed by atoms with van der Waals surface area (Å²) in [7, 11) is 0. The molecule has 1 aromatic rings. The zero-order chi connectivity index (χ0) is 6.81. The van der Waals surface area contributed by atoms with Crippen LogP contribution in [0.2, 0.25) is 0 Å². The molecular weight excluding hydrogens is 123 g/mol. The molecule has 1 aliphatic heterocycles. The second kappa shape index (κ2) is 2.55. The van der Waals surface area contributed by atoms with Crippen LogP contribution in [0, 0.1) is 0 Å². The van der Waals surface area contributed by atoms with E-state index < -0.39 is 0 Å². The Morgan fingerprint density at radius 3 is 3.40 bits per heavy atom. The standard InChI is InChI=1S/C8H9BO/c1-2-7-6-10-5-3-8(7)9-4-1/h1-2,4H,3,5-6H2. The van der Waals surface area contributed by atoms with Crippen molar-refractivity contribution in [1.29, 1.82) is 0 Å². The first kappa shape index (κ1) is 6.11. The van der Waals surface area contributed by atoms with Gasteiger partial charge in [-0.15, -0.1) is 0 Å². The van der Waals surface area contributed by atoms with E-state index in [1.54, 1.807) is 0 Å². The van der Waals surface area contributed by atoms with Gasteiger partial charge in [0.2, 0.25) is 0 Å². The van der Waals surface area contributed by atoms with E-state index in [4.69, 9.17) is 4.74 Å². The molecule has 2 rings (SSSR count). The van der Waals surface area contributed by atoms with Crippen molar-refractivity contribution in [2.75, 3.05) is 6.61 Å². The molecule has 0 amide bonds. The van der Waals surface area contributed by atoms with Crippen LogP contribution in [0.15, 0.2) is 18.1 Å². The Kier molecular flexibility index (Phi) is 1.56. The second-order valence-electron chi connectivity index (χ2n) is 2.57. The Bertz CT molecular complexity index is 209. The number of hydrogen-bond donors (Lipinski definition) is 0. The van der Waals surface area contributed by atoms with Gasteiger partial charge in [-0.3, -0.25) is 0 Å². The Hall–Kier alpha value is -0.625. The molecule has 0 aromatic carbocycles. The summed E-state index contributed by atoms with van der Waals surface area (Å²) < 4.78 is 5.30. The average molecular weight is 132 g/mol. The first-order valence-corrected chi connectivity index (χ1v) is 3.61. The van der Waals surface area contributed by atoms with Crippen LogP contribution >= 0.6 is 0 Å². The first-order valence-electron chi connectivity index (χ1n) is 3.61. The Labute approximate surface area is 61.2 Å². The van der Waals surface area contributed by atoms with Gasteiger partial charge in [-0.25, -0.2) is 0 Å². The Morgan fingerprint density at radius 1 is 1.50 bits per heavy atom. The Morgan fingerprint density at radius 2 is 2.50 bits per heavy atom. The summed E-state index contributed by atoms with van der Waals surface area (Å²) in [6, 6.07) is 4.20. The summed E-state index contributed by atoms with van der Waals surface area (Å²) in [5.74, 6) is 2.09. The molecule has 10 heavy (non-hydrogen) atoms. The first-order chi connectivity index (χ1) is 4.97. The van der Waals surface area contributed by atoms with Crippen molar-refractivity contribution in [3.63, 3.8) is 0 Å². The molecular formula is C8H9BO. The molecule has 1 aliphatic rings. The van der Waals surface area contributed by atoms with Gasteiger partial charge in [0.15, 0.2) is 0 Å². The zero-order valence-electron chi connectivity index (χ0n) is 5.84. The normalized spacial score (nSPS) is 16.0. The fraction of sp³-hybridized carbons (Fsp3) is 0.375. The molecule has 0 radical (unpaired) electrons. The fourth-order valence-corrected chi connectivity index (χ4v) is 1.31. The van der Waals surface area contributed by atoms with Crippen LogP contribution in [-0.4, -0.2) is 13.5 Å². The predicted octanol–water partition coefficient (Wildman–Crippen LogP) is 1.10. The molecule has 2 heteroatoms. The average Bonchev–Trinajstić information content (AvgIpc) is 2.05. The van der Waals surface area contributed by atoms with Crippen molar-refractivity contribution in [1.82, 2.24) is 0 Å². The third-order valence-electron chi connectivity index (χ3n) is 1.89. The molecule has 1 aromatic heterocycles. The molecule has 0 N–H and O–H groups in total. The van der Waals surface area contributed by atoms with Crippen LogP contribution in [0.4, 0.5) is 0 Å². The van der Waals surface area contributed by atoms with E-state index >= 15 is 0 Å². The number of ether oxygens (including phenoxy) is 1. The van der Waals surface area contributed by atoms with Crippen molar-refractivity contribution in [2.24, 2.45) is 0 Å². The van der Waals surface area contributed by atoms with E-state index in [1.165, 1.54) is 11.0 Å². The van der Waals surface area contributed by atoms with Crippen LogP contribution in [0.1, 0.15) is 11.0 Å². The molecule has 0 unspecified atom stereocenters. The van der Waals surface area contributed by atoms with Crippen molar-refractivity contribution in [3.8, 4) is 0 Å². The van der Waals surface area contributed by atoms with Crippen LogP contribution in [-0.2, 0) is 17.8 Å². The van der Waals surface area contributed by atoms with Crippen LogP contribution < -0.4 is 0 Å². The summed E-state index contributed by atoms with van der Waals surface area (Å²) in [4.78, 5) is 0. The van der Waals surface area contributed by atoms with Gasteiger partial charge >= 0.3 is 60.4 Å². The number of hydrogen-bond acceptors (Lipinski definition) is 1. The molecule has 2 heterocycles. The maximum absolute atomic E-state index is 5.30. The fourth-order valence-electron chi connectivity index (χ4n) is 1.31. The molecule has 0 aliphatic carbocycles. The number of fused-ring (bicyclic) bond motifs is 1. The molecule has 50 valence electrons. The van der Waals surface area contributed by atoms with Gasteiger partial charge in [0.1, 0.15) is 0 Å². The van der Waals surface area contributed by atoms with Gasteiger partial charge in [0.25, 0.3) is 0 Å². The summed E-state index contributed by atoms with van der Waals surface area (Å²) in [5.41, 5.74) is 2.81. The van der Waals surface area contributed by atoms with Crippen molar-refractivity contribution in [2.45, 2.75) is 13.0 Å². The van der Waals surface area contributed by atoms with Crippen molar-refractivity contribution in [3.05, 3.63) is 29.1 Å². The van der Waals surface area contributed by atoms with E-state index in [0.29, 0.717) is 0 Å². The molecule has 0 atom stereocenters. The molecule has 0 saturated heterocycles. The van der Waals surface area contributed by atoms with E-state index in [-0.39, 0.29) is 0 Å². The molecule has 0 saturated carbocycles. The zero-order valence-corrected chi connectivity index (χ0v) is 5.84. The van der Waals surface area contributed by atoms with Crippen LogP contribution in [0.25, 0.3) is 0 Å². The quantitative estimate of drug-likeness (QED) is 0.513. The van der Waals surface area contributed by atoms with Gasteiger partial charge in [0.05, 0.1) is 0 Å². The van der Waals surface area contributed by atoms with E-state index in [0.717, 1.165) is 19.6 Å². The molecule has 0 fully saturated rings. The minimum absolute atomic E-state index is 0.802. The van der Waals surface area contributed by atoms with E-state index in [9.17, 15) is 0 Å². The summed E-state index contributed by atoms with van der Waals surface area (Å²) >= 11 is 0. The molecule has 1 nitrogen and oxygen atoms in total. The van der Waals surface area contributed by atoms with Crippen molar-refractivity contribution < 1.29 is 4.74 Å². The summed E-state index contributed by atoms with van der Waals surface area (Å²) in [6.45, 7) is 3.87. The summed E-state index contributed by atoms with van der Waals surface area (Å²) in [5, 5.41) is 0. The Balaban J connectivity index is 2.41. The van der Waals surface area contributed by atoms with Gasteiger partial charge in [0, 0.05) is 0 Å². The topological polar surface area (TPSA) is 9.23 Å². The monoisotopic (exact) mass is 132 g/mol. The van der Waals surface area contributed by atoms with E-state index in [2.05, 4.69) is 25.0 Å². The van der Waals surface area contributed by atoms with Gasteiger partial charge in [-0.2, -0.15) is 0 Å². The third-order valence-corrected chi connectivity index (χ3v) is 1.89. The SMILES string of the molecule is b1cccc2c1CCOC2.